The Kier molecular flexibility index (Phi) is 8.92. The van der Waals surface area contributed by atoms with Crippen molar-refractivity contribution in [2.75, 3.05) is 4.90 Å². The van der Waals surface area contributed by atoms with E-state index in [0.717, 1.165) is 77.6 Å². The molecule has 2 aliphatic rings. The quantitative estimate of drug-likeness (QED) is 0.166. The highest BCUT2D eigenvalue weighted by molar-refractivity contribution is 7.26. The van der Waals surface area contributed by atoms with Crippen LogP contribution < -0.4 is 4.90 Å². The number of thiophene rings is 1. The molecule has 77 heavy (non-hydrogen) atoms. The van der Waals surface area contributed by atoms with Crippen molar-refractivity contribution in [1.29, 1.82) is 0 Å². The first-order chi connectivity index (χ1) is 38.2. The fourth-order valence-corrected chi connectivity index (χ4v) is 14.7. The van der Waals surface area contributed by atoms with E-state index in [-0.39, 0.29) is 0 Å². The van der Waals surface area contributed by atoms with Crippen LogP contribution in [0.2, 0.25) is 0 Å². The molecule has 12 aromatic carbocycles. The summed E-state index contributed by atoms with van der Waals surface area (Å²) in [4.78, 5) is 2.39. The SMILES string of the molecule is c1ccc(-c2ccc(N(c3ccc(-c4cccc5c4sc4ccccc45)cc3)c3cccc4oc5c(-c6ccc7c(c6)C6(c8ccccc8-c8ccccc86)c6ccccc6-7)c6c(cc5c34)oc3ccccc36)cc2)cc1. The maximum Gasteiger partial charge on any atom is 0.144 e. The molecule has 3 aromatic heterocycles. The zero-order valence-corrected chi connectivity index (χ0v) is 42.3. The Morgan fingerprint density at radius 3 is 1.60 bits per heavy atom. The summed E-state index contributed by atoms with van der Waals surface area (Å²) in [5.41, 5.74) is 23.1. The molecule has 1 spiro atoms. The molecule has 2 aliphatic carbocycles. The summed E-state index contributed by atoms with van der Waals surface area (Å²) in [6, 6.07) is 95.4. The van der Waals surface area contributed by atoms with E-state index in [2.05, 4.69) is 266 Å². The van der Waals surface area contributed by atoms with Crippen LogP contribution in [0.25, 0.3) is 120 Å². The van der Waals surface area contributed by atoms with Crippen molar-refractivity contribution in [3.63, 3.8) is 0 Å². The minimum atomic E-state index is -0.502. The summed E-state index contributed by atoms with van der Waals surface area (Å²) in [5, 5.41) is 6.70. The molecular formula is C73H43NO2S. The lowest BCUT2D eigenvalue weighted by molar-refractivity contribution is 0.664. The summed E-state index contributed by atoms with van der Waals surface area (Å²) in [5.74, 6) is 0. The van der Waals surface area contributed by atoms with Gasteiger partial charge in [-0.05, 0) is 133 Å². The summed E-state index contributed by atoms with van der Waals surface area (Å²) in [7, 11) is 0. The van der Waals surface area contributed by atoms with Gasteiger partial charge in [-0.25, -0.2) is 0 Å². The lowest BCUT2D eigenvalue weighted by atomic mass is 9.70. The van der Waals surface area contributed by atoms with Gasteiger partial charge in [0.25, 0.3) is 0 Å². The van der Waals surface area contributed by atoms with Crippen LogP contribution in [0.15, 0.2) is 270 Å². The van der Waals surface area contributed by atoms with E-state index in [1.165, 1.54) is 81.4 Å². The molecule has 4 heteroatoms. The lowest BCUT2D eigenvalue weighted by Crippen LogP contribution is -2.25. The van der Waals surface area contributed by atoms with Crippen LogP contribution in [0.5, 0.6) is 0 Å². The van der Waals surface area contributed by atoms with Gasteiger partial charge in [0.15, 0.2) is 0 Å². The van der Waals surface area contributed by atoms with Gasteiger partial charge in [0.1, 0.15) is 22.3 Å². The van der Waals surface area contributed by atoms with Gasteiger partial charge in [0, 0.05) is 53.3 Å². The van der Waals surface area contributed by atoms with Gasteiger partial charge < -0.3 is 13.7 Å². The minimum Gasteiger partial charge on any atom is -0.456 e. The van der Waals surface area contributed by atoms with Crippen LogP contribution in [0, 0.1) is 0 Å². The third-order valence-electron chi connectivity index (χ3n) is 16.7. The van der Waals surface area contributed by atoms with Crippen molar-refractivity contribution < 1.29 is 8.83 Å². The number of benzene rings is 12. The number of anilines is 3. The van der Waals surface area contributed by atoms with E-state index in [4.69, 9.17) is 8.83 Å². The topological polar surface area (TPSA) is 29.5 Å². The number of hydrogen-bond donors (Lipinski definition) is 0. The monoisotopic (exact) mass is 997 g/mol. The van der Waals surface area contributed by atoms with Crippen molar-refractivity contribution in [1.82, 2.24) is 0 Å². The maximum absolute atomic E-state index is 7.39. The Hall–Kier alpha value is -9.74. The summed E-state index contributed by atoms with van der Waals surface area (Å²) >= 11 is 1.87. The third kappa shape index (κ3) is 5.96. The normalized spacial score (nSPS) is 13.0. The molecule has 0 unspecified atom stereocenters. The number of para-hydroxylation sites is 1. The Balaban J connectivity index is 0.903. The van der Waals surface area contributed by atoms with Crippen molar-refractivity contribution in [3.05, 3.63) is 283 Å². The van der Waals surface area contributed by atoms with Crippen molar-refractivity contribution in [2.24, 2.45) is 0 Å². The van der Waals surface area contributed by atoms with Crippen LogP contribution in [-0.4, -0.2) is 0 Å². The average Bonchev–Trinajstić information content (AvgIpc) is 4.48. The Morgan fingerprint density at radius 1 is 0.325 bits per heavy atom. The molecule has 0 saturated carbocycles. The average molecular weight is 998 g/mol. The van der Waals surface area contributed by atoms with Gasteiger partial charge in [-0.15, -0.1) is 11.3 Å². The van der Waals surface area contributed by atoms with Gasteiger partial charge in [-0.1, -0.05) is 200 Å². The van der Waals surface area contributed by atoms with Crippen LogP contribution in [0.1, 0.15) is 22.3 Å². The van der Waals surface area contributed by atoms with Crippen molar-refractivity contribution in [3.8, 4) is 55.6 Å². The number of rotatable bonds is 6. The van der Waals surface area contributed by atoms with Gasteiger partial charge in [-0.3, -0.25) is 0 Å². The molecule has 358 valence electrons. The molecule has 15 aromatic rings. The molecule has 3 nitrogen and oxygen atoms in total. The second-order valence-electron chi connectivity index (χ2n) is 20.6. The fraction of sp³-hybridized carbons (Fsp3) is 0.0137. The number of fused-ring (bicyclic) bond motifs is 19. The van der Waals surface area contributed by atoms with Crippen molar-refractivity contribution in [2.45, 2.75) is 5.41 Å². The van der Waals surface area contributed by atoms with Crippen LogP contribution in [0.3, 0.4) is 0 Å². The minimum absolute atomic E-state index is 0.502. The van der Waals surface area contributed by atoms with Gasteiger partial charge in [0.05, 0.1) is 16.5 Å². The maximum atomic E-state index is 7.39. The van der Waals surface area contributed by atoms with Crippen LogP contribution >= 0.6 is 11.3 Å². The third-order valence-corrected chi connectivity index (χ3v) is 17.9. The highest BCUT2D eigenvalue weighted by Crippen LogP contribution is 2.63. The Bertz CT molecular complexity index is 4860. The highest BCUT2D eigenvalue weighted by atomic mass is 32.1. The van der Waals surface area contributed by atoms with E-state index in [1.54, 1.807) is 0 Å². The van der Waals surface area contributed by atoms with Gasteiger partial charge in [0.2, 0.25) is 0 Å². The molecule has 0 amide bonds. The standard InChI is InChI=1S/C73H43NO2S/c1-2-16-44(17-3-1)45-32-37-48(38-33-45)74(49-39-34-46(35-40-49)50-23-14-24-56-55-21-8-13-31-67(55)77-72(50)56)63-28-15-30-65-69(63)58-43-66-70(57-22-7-12-29-64(57)75-66)68(71(58)76-65)47-36-41-54-53-20-6-11-27-61(53)73(62(54)42-47)59-25-9-4-18-51(59)52-19-5-10-26-60(52)73/h1-43H. The summed E-state index contributed by atoms with van der Waals surface area (Å²) < 4.78 is 16.9. The van der Waals surface area contributed by atoms with Crippen molar-refractivity contribution >= 4 is 92.4 Å². The molecule has 0 bridgehead atoms. The first kappa shape index (κ1) is 42.6. The van der Waals surface area contributed by atoms with Gasteiger partial charge in [-0.2, -0.15) is 0 Å². The predicted molar refractivity (Wildman–Crippen MR) is 321 cm³/mol. The van der Waals surface area contributed by atoms with Crippen LogP contribution in [-0.2, 0) is 5.41 Å². The second kappa shape index (κ2) is 16.1. The first-order valence-corrected chi connectivity index (χ1v) is 27.2. The molecule has 0 N–H and O–H groups in total. The molecular weight excluding hydrogens is 955 g/mol. The number of furan rings is 2. The molecule has 0 aliphatic heterocycles. The molecule has 0 atom stereocenters. The molecule has 0 fully saturated rings. The second-order valence-corrected chi connectivity index (χ2v) is 21.6. The Labute approximate surface area is 447 Å². The Morgan fingerprint density at radius 2 is 0.870 bits per heavy atom. The summed E-state index contributed by atoms with van der Waals surface area (Å²) in [6.45, 7) is 0. The van der Waals surface area contributed by atoms with E-state index in [1.807, 2.05) is 11.3 Å². The summed E-state index contributed by atoms with van der Waals surface area (Å²) in [6.07, 6.45) is 0. The smallest absolute Gasteiger partial charge is 0.144 e. The zero-order chi connectivity index (χ0) is 50.3. The molecule has 17 rings (SSSR count). The molecule has 0 radical (unpaired) electrons. The fourth-order valence-electron chi connectivity index (χ4n) is 13.5. The van der Waals surface area contributed by atoms with E-state index in [0.29, 0.717) is 0 Å². The lowest BCUT2D eigenvalue weighted by Gasteiger charge is -2.30. The zero-order valence-electron chi connectivity index (χ0n) is 41.5. The first-order valence-electron chi connectivity index (χ1n) is 26.4. The van der Waals surface area contributed by atoms with Gasteiger partial charge >= 0.3 is 0 Å². The van der Waals surface area contributed by atoms with E-state index in [9.17, 15) is 0 Å². The molecule has 0 saturated heterocycles. The van der Waals surface area contributed by atoms with Crippen LogP contribution in [0.4, 0.5) is 17.1 Å². The van der Waals surface area contributed by atoms with E-state index < -0.39 is 5.41 Å². The highest BCUT2D eigenvalue weighted by Gasteiger charge is 2.51. The largest absolute Gasteiger partial charge is 0.456 e. The predicted octanol–water partition coefficient (Wildman–Crippen LogP) is 20.7. The number of nitrogens with zero attached hydrogens (tertiary/aromatic N) is 1. The molecule has 3 heterocycles. The number of hydrogen-bond acceptors (Lipinski definition) is 4. The van der Waals surface area contributed by atoms with E-state index >= 15 is 0 Å².